The van der Waals surface area contributed by atoms with Crippen molar-refractivity contribution in [1.29, 1.82) is 0 Å². The van der Waals surface area contributed by atoms with E-state index >= 15 is 0 Å². The van der Waals surface area contributed by atoms with Crippen LogP contribution in [0.3, 0.4) is 0 Å². The fourth-order valence-electron chi connectivity index (χ4n) is 4.89. The summed E-state index contributed by atoms with van der Waals surface area (Å²) in [5, 5.41) is 8.31. The molecule has 1 aliphatic rings. The number of para-hydroxylation sites is 1. The smallest absolute Gasteiger partial charge is 0.240 e. The van der Waals surface area contributed by atoms with Gasteiger partial charge >= 0.3 is 0 Å². The molecule has 1 aromatic heterocycles. The quantitative estimate of drug-likeness (QED) is 0.209. The molecule has 0 unspecified atom stereocenters. The van der Waals surface area contributed by atoms with E-state index in [0.717, 1.165) is 60.4 Å². The minimum Gasteiger partial charge on any atom is -0.497 e. The number of nitrogens with zero attached hydrogens (tertiary/aromatic N) is 2. The second-order valence-electron chi connectivity index (χ2n) is 9.84. The van der Waals surface area contributed by atoms with Crippen LogP contribution in [0.1, 0.15) is 25.7 Å². The predicted molar refractivity (Wildman–Crippen MR) is 156 cm³/mol. The van der Waals surface area contributed by atoms with E-state index in [4.69, 9.17) is 26.3 Å². The van der Waals surface area contributed by atoms with Crippen molar-refractivity contribution in [2.75, 3.05) is 30.8 Å². The molecule has 1 aliphatic carbocycles. The van der Waals surface area contributed by atoms with Crippen LogP contribution in [0.4, 0.5) is 17.5 Å². The molecule has 204 valence electrons. The number of aromatic nitrogens is 2. The number of benzene rings is 3. The number of nitrogens with one attached hydrogen (secondary N) is 3. The van der Waals surface area contributed by atoms with E-state index in [2.05, 4.69) is 15.4 Å². The zero-order valence-corrected chi connectivity index (χ0v) is 23.3. The van der Waals surface area contributed by atoms with Crippen LogP contribution in [-0.4, -0.2) is 38.6 Å². The minimum atomic E-state index is -3.54. The summed E-state index contributed by atoms with van der Waals surface area (Å²) >= 11 is 5.88. The van der Waals surface area contributed by atoms with Crippen LogP contribution < -0.4 is 20.1 Å². The highest BCUT2D eigenvalue weighted by atomic mass is 35.5. The van der Waals surface area contributed by atoms with Crippen LogP contribution in [0.5, 0.6) is 5.75 Å². The van der Waals surface area contributed by atoms with Crippen LogP contribution in [0.15, 0.2) is 77.7 Å². The van der Waals surface area contributed by atoms with Crippen LogP contribution in [-0.2, 0) is 10.0 Å². The highest BCUT2D eigenvalue weighted by molar-refractivity contribution is 7.89. The Morgan fingerprint density at radius 2 is 1.62 bits per heavy atom. The number of hydrogen-bond donors (Lipinski definition) is 3. The maximum Gasteiger partial charge on any atom is 0.240 e. The highest BCUT2D eigenvalue weighted by Gasteiger charge is 2.23. The van der Waals surface area contributed by atoms with E-state index in [1.165, 1.54) is 12.1 Å². The molecule has 1 heterocycles. The van der Waals surface area contributed by atoms with E-state index in [1.54, 1.807) is 19.2 Å². The van der Waals surface area contributed by atoms with Gasteiger partial charge in [-0.1, -0.05) is 29.8 Å². The lowest BCUT2D eigenvalue weighted by molar-refractivity contribution is 0.284. The Kier molecular flexibility index (Phi) is 8.50. The van der Waals surface area contributed by atoms with Crippen molar-refractivity contribution < 1.29 is 13.2 Å². The number of methoxy groups -OCH3 is 1. The number of anilines is 3. The Labute approximate surface area is 234 Å². The molecule has 1 saturated carbocycles. The zero-order chi connectivity index (χ0) is 27.2. The topological polar surface area (TPSA) is 105 Å². The molecule has 0 radical (unpaired) electrons. The van der Waals surface area contributed by atoms with E-state index in [0.29, 0.717) is 29.4 Å². The Morgan fingerprint density at radius 1 is 0.897 bits per heavy atom. The van der Waals surface area contributed by atoms with Gasteiger partial charge in [0.25, 0.3) is 0 Å². The summed E-state index contributed by atoms with van der Waals surface area (Å²) in [5.41, 5.74) is 1.74. The molecule has 10 heteroatoms. The lowest BCUT2D eigenvalue weighted by Crippen LogP contribution is -2.32. The van der Waals surface area contributed by atoms with Gasteiger partial charge in [-0.15, -0.1) is 0 Å². The van der Waals surface area contributed by atoms with E-state index in [-0.39, 0.29) is 4.90 Å². The van der Waals surface area contributed by atoms with Gasteiger partial charge in [0.1, 0.15) is 11.6 Å². The molecule has 0 aliphatic heterocycles. The van der Waals surface area contributed by atoms with Crippen molar-refractivity contribution in [1.82, 2.24) is 14.7 Å². The molecular weight excluding hydrogens is 534 g/mol. The van der Waals surface area contributed by atoms with Crippen LogP contribution in [0, 0.1) is 11.8 Å². The fourth-order valence-corrected chi connectivity index (χ4v) is 6.13. The van der Waals surface area contributed by atoms with Gasteiger partial charge in [-0.2, -0.15) is 4.98 Å². The molecule has 3 N–H and O–H groups in total. The maximum absolute atomic E-state index is 12.6. The Bertz CT molecular complexity index is 1520. The third-order valence-electron chi connectivity index (χ3n) is 7.14. The Balaban J connectivity index is 1.17. The summed E-state index contributed by atoms with van der Waals surface area (Å²) in [4.78, 5) is 9.75. The molecule has 0 amide bonds. The predicted octanol–water partition coefficient (Wildman–Crippen LogP) is 6.23. The Morgan fingerprint density at radius 3 is 2.36 bits per heavy atom. The fraction of sp³-hybridized carbons (Fsp3) is 0.310. The first-order chi connectivity index (χ1) is 18.9. The molecule has 0 saturated heterocycles. The van der Waals surface area contributed by atoms with Crippen LogP contribution in [0.25, 0.3) is 10.9 Å². The van der Waals surface area contributed by atoms with Gasteiger partial charge in [0, 0.05) is 35.3 Å². The molecule has 8 nitrogen and oxygen atoms in total. The monoisotopic (exact) mass is 565 g/mol. The van der Waals surface area contributed by atoms with Crippen molar-refractivity contribution in [2.24, 2.45) is 11.8 Å². The number of ether oxygens (including phenoxy) is 1. The second-order valence-corrected chi connectivity index (χ2v) is 12.0. The van der Waals surface area contributed by atoms with Gasteiger partial charge in [0.15, 0.2) is 0 Å². The molecular formula is C29H32ClN5O3S. The molecule has 0 atom stereocenters. The molecule has 5 rings (SSSR count). The van der Waals surface area contributed by atoms with Crippen molar-refractivity contribution in [3.63, 3.8) is 0 Å². The Hall–Kier alpha value is -3.40. The van der Waals surface area contributed by atoms with Crippen molar-refractivity contribution in [2.45, 2.75) is 30.6 Å². The zero-order valence-electron chi connectivity index (χ0n) is 21.7. The van der Waals surface area contributed by atoms with Gasteiger partial charge in [0.2, 0.25) is 16.0 Å². The molecule has 1 fully saturated rings. The molecule has 4 aromatic rings. The number of fused-ring (bicyclic) bond motifs is 1. The first-order valence-electron chi connectivity index (χ1n) is 13.1. The third kappa shape index (κ3) is 6.98. The lowest BCUT2D eigenvalue weighted by Gasteiger charge is -2.28. The van der Waals surface area contributed by atoms with Gasteiger partial charge in [-0.25, -0.2) is 18.1 Å². The number of hydrogen-bond acceptors (Lipinski definition) is 7. The van der Waals surface area contributed by atoms with Gasteiger partial charge in [-0.3, -0.25) is 0 Å². The minimum absolute atomic E-state index is 0.237. The van der Waals surface area contributed by atoms with Gasteiger partial charge < -0.3 is 15.4 Å². The summed E-state index contributed by atoms with van der Waals surface area (Å²) in [6.07, 6.45) is 3.97. The lowest BCUT2D eigenvalue weighted by atomic mass is 9.82. The summed E-state index contributed by atoms with van der Waals surface area (Å²) in [6, 6.07) is 21.9. The number of sulfonamides is 1. The van der Waals surface area contributed by atoms with Crippen LogP contribution in [0.2, 0.25) is 5.02 Å². The average Bonchev–Trinajstić information content (AvgIpc) is 2.96. The summed E-state index contributed by atoms with van der Waals surface area (Å²) in [6.45, 7) is 1.21. The summed E-state index contributed by atoms with van der Waals surface area (Å²) in [5.74, 6) is 2.87. The highest BCUT2D eigenvalue weighted by Crippen LogP contribution is 2.30. The van der Waals surface area contributed by atoms with Crippen molar-refractivity contribution >= 4 is 50.0 Å². The summed E-state index contributed by atoms with van der Waals surface area (Å²) in [7, 11) is -1.89. The van der Waals surface area contributed by atoms with E-state index in [9.17, 15) is 8.42 Å². The molecule has 0 spiro atoms. The number of halogens is 1. The summed E-state index contributed by atoms with van der Waals surface area (Å²) < 4.78 is 33.3. The van der Waals surface area contributed by atoms with Crippen molar-refractivity contribution in [3.8, 4) is 5.75 Å². The van der Waals surface area contributed by atoms with Crippen LogP contribution >= 0.6 is 11.6 Å². The first kappa shape index (κ1) is 27.2. The molecule has 3 aromatic carbocycles. The van der Waals surface area contributed by atoms with Crippen molar-refractivity contribution in [3.05, 3.63) is 77.8 Å². The third-order valence-corrected chi connectivity index (χ3v) is 8.83. The first-order valence-corrected chi connectivity index (χ1v) is 14.9. The van der Waals surface area contributed by atoms with Gasteiger partial charge in [-0.05, 0) is 86.1 Å². The van der Waals surface area contributed by atoms with Gasteiger partial charge in [0.05, 0.1) is 17.5 Å². The maximum atomic E-state index is 12.6. The standard InChI is InChI=1S/C29H32ClN5O3S/c1-38-24-6-4-5-23(17-24)33-28-26-7-2-3-8-27(26)34-29(35-28)31-18-20-9-11-21(12-10-20)19-32-39(36,37)25-15-13-22(30)14-16-25/h2-8,13-17,20-21,32H,9-12,18-19H2,1H3,(H2,31,33,34,35)/t20-,21-. The molecule has 0 bridgehead atoms. The normalized spacial score (nSPS) is 17.6. The number of rotatable bonds is 10. The average molecular weight is 566 g/mol. The van der Waals surface area contributed by atoms with E-state index in [1.807, 2.05) is 48.5 Å². The largest absolute Gasteiger partial charge is 0.497 e. The second kappa shape index (κ2) is 12.2. The SMILES string of the molecule is COc1cccc(Nc2nc(NC[C@H]3CC[C@H](CNS(=O)(=O)c4ccc(Cl)cc4)CC3)nc3ccccc23)c1. The van der Waals surface area contributed by atoms with E-state index < -0.39 is 10.0 Å². The molecule has 39 heavy (non-hydrogen) atoms.